The highest BCUT2D eigenvalue weighted by Crippen LogP contribution is 2.27. The van der Waals surface area contributed by atoms with E-state index >= 15 is 0 Å². The lowest BCUT2D eigenvalue weighted by molar-refractivity contribution is -0.151. The van der Waals surface area contributed by atoms with Gasteiger partial charge in [-0.1, -0.05) is 143 Å². The van der Waals surface area contributed by atoms with Gasteiger partial charge in [-0.05, 0) is 38.0 Å². The molecule has 0 aliphatic heterocycles. The molecule has 4 heteroatoms. The summed E-state index contributed by atoms with van der Waals surface area (Å²) in [6.45, 7) is 10.0. The summed E-state index contributed by atoms with van der Waals surface area (Å²) in [5, 5.41) is 0. The lowest BCUT2D eigenvalue weighted by Gasteiger charge is -2.23. The zero-order valence-corrected chi connectivity index (χ0v) is 26.2. The fourth-order valence-electron chi connectivity index (χ4n) is 5.42. The van der Waals surface area contributed by atoms with E-state index in [9.17, 15) is 9.59 Å². The minimum Gasteiger partial charge on any atom is -0.466 e. The standard InChI is InChI=1S/C34H66O4/c1-5-9-11-21-25-29-37-33(35)28-24-20-18-16-14-13-15-17-19-23-27-31(7-3)32(8-4)34(36)38-30-26-22-12-10-6-2/h31-32H,5-30H2,1-4H3. The first-order valence-electron chi connectivity index (χ1n) is 16.9. The third-order valence-electron chi connectivity index (χ3n) is 8.04. The van der Waals surface area contributed by atoms with Crippen LogP contribution in [0.4, 0.5) is 0 Å². The first kappa shape index (κ1) is 36.9. The number of carbonyl (C=O) groups excluding carboxylic acids is 2. The fraction of sp³-hybridized carbons (Fsp3) is 0.941. The van der Waals surface area contributed by atoms with Crippen molar-refractivity contribution in [2.75, 3.05) is 13.2 Å². The SMILES string of the molecule is CCCCCCCOC(=O)CCCCCCCCCCCCC(CC)C(CC)C(=O)OCCCCCCC. The van der Waals surface area contributed by atoms with Crippen molar-refractivity contribution >= 4 is 11.9 Å². The molecule has 0 rings (SSSR count). The molecule has 0 N–H and O–H groups in total. The maximum Gasteiger partial charge on any atom is 0.309 e. The van der Waals surface area contributed by atoms with Crippen LogP contribution < -0.4 is 0 Å². The van der Waals surface area contributed by atoms with E-state index in [1.165, 1.54) is 103 Å². The zero-order chi connectivity index (χ0) is 28.1. The monoisotopic (exact) mass is 538 g/mol. The molecule has 0 aliphatic carbocycles. The average Bonchev–Trinajstić information content (AvgIpc) is 2.92. The molecule has 0 aromatic heterocycles. The van der Waals surface area contributed by atoms with Gasteiger partial charge in [0.2, 0.25) is 0 Å². The Morgan fingerprint density at radius 3 is 1.45 bits per heavy atom. The van der Waals surface area contributed by atoms with Gasteiger partial charge in [-0.15, -0.1) is 0 Å². The molecule has 0 heterocycles. The minimum absolute atomic E-state index is 0.00856. The van der Waals surface area contributed by atoms with Gasteiger partial charge >= 0.3 is 11.9 Å². The van der Waals surface area contributed by atoms with E-state index in [1.54, 1.807) is 0 Å². The number of unbranched alkanes of at least 4 members (excludes halogenated alkanes) is 17. The Morgan fingerprint density at radius 2 is 0.947 bits per heavy atom. The lowest BCUT2D eigenvalue weighted by atomic mass is 9.84. The molecule has 0 aliphatic rings. The molecular formula is C34H66O4. The molecule has 0 fully saturated rings. The van der Waals surface area contributed by atoms with Gasteiger partial charge in [0.1, 0.15) is 0 Å². The van der Waals surface area contributed by atoms with E-state index in [1.807, 2.05) is 0 Å². The highest BCUT2D eigenvalue weighted by Gasteiger charge is 2.26. The van der Waals surface area contributed by atoms with Gasteiger partial charge in [0, 0.05) is 6.42 Å². The Bertz CT molecular complexity index is 519. The Morgan fingerprint density at radius 1 is 0.500 bits per heavy atom. The molecule has 0 saturated heterocycles. The first-order valence-corrected chi connectivity index (χ1v) is 16.9. The van der Waals surface area contributed by atoms with Crippen LogP contribution in [0.15, 0.2) is 0 Å². The van der Waals surface area contributed by atoms with Gasteiger partial charge in [0.25, 0.3) is 0 Å². The van der Waals surface area contributed by atoms with Crippen molar-refractivity contribution < 1.29 is 19.1 Å². The van der Waals surface area contributed by atoms with Crippen LogP contribution in [-0.2, 0) is 19.1 Å². The largest absolute Gasteiger partial charge is 0.466 e. The van der Waals surface area contributed by atoms with Crippen molar-refractivity contribution in [3.05, 3.63) is 0 Å². The maximum absolute atomic E-state index is 12.6. The van der Waals surface area contributed by atoms with Gasteiger partial charge in [0.15, 0.2) is 0 Å². The second-order valence-corrected chi connectivity index (χ2v) is 11.5. The Labute approximate surface area is 237 Å². The topological polar surface area (TPSA) is 52.6 Å². The molecule has 0 spiro atoms. The Balaban J connectivity index is 3.65. The minimum atomic E-state index is -0.00856. The Kier molecular flexibility index (Phi) is 28.1. The van der Waals surface area contributed by atoms with E-state index in [0.717, 1.165) is 44.9 Å². The molecule has 2 unspecified atom stereocenters. The van der Waals surface area contributed by atoms with E-state index in [2.05, 4.69) is 27.7 Å². The molecular weight excluding hydrogens is 472 g/mol. The van der Waals surface area contributed by atoms with Crippen LogP contribution in [0, 0.1) is 11.8 Å². The van der Waals surface area contributed by atoms with Crippen LogP contribution in [0.2, 0.25) is 0 Å². The number of hydrogen-bond acceptors (Lipinski definition) is 4. The smallest absolute Gasteiger partial charge is 0.309 e. The van der Waals surface area contributed by atoms with Crippen molar-refractivity contribution in [3.63, 3.8) is 0 Å². The van der Waals surface area contributed by atoms with Crippen LogP contribution in [-0.4, -0.2) is 25.2 Å². The van der Waals surface area contributed by atoms with E-state index < -0.39 is 0 Å². The summed E-state index contributed by atoms with van der Waals surface area (Å²) in [5.41, 5.74) is 0. The van der Waals surface area contributed by atoms with Gasteiger partial charge in [0.05, 0.1) is 19.1 Å². The molecule has 0 radical (unpaired) electrons. The van der Waals surface area contributed by atoms with Crippen molar-refractivity contribution in [2.24, 2.45) is 11.8 Å². The van der Waals surface area contributed by atoms with Gasteiger partial charge in [-0.2, -0.15) is 0 Å². The molecule has 0 bridgehead atoms. The van der Waals surface area contributed by atoms with E-state index in [-0.39, 0.29) is 17.9 Å². The van der Waals surface area contributed by atoms with Crippen molar-refractivity contribution in [3.8, 4) is 0 Å². The number of carbonyl (C=O) groups is 2. The van der Waals surface area contributed by atoms with E-state index in [0.29, 0.717) is 25.6 Å². The normalized spacial score (nSPS) is 12.8. The third-order valence-corrected chi connectivity index (χ3v) is 8.04. The number of ether oxygens (including phenoxy) is 2. The molecule has 0 saturated carbocycles. The van der Waals surface area contributed by atoms with Gasteiger partial charge in [-0.3, -0.25) is 9.59 Å². The third kappa shape index (κ3) is 22.9. The zero-order valence-electron chi connectivity index (χ0n) is 26.2. The predicted octanol–water partition coefficient (Wildman–Crippen LogP) is 10.7. The molecule has 226 valence electrons. The van der Waals surface area contributed by atoms with E-state index in [4.69, 9.17) is 9.47 Å². The second-order valence-electron chi connectivity index (χ2n) is 11.5. The highest BCUT2D eigenvalue weighted by molar-refractivity contribution is 5.72. The summed E-state index contributed by atoms with van der Waals surface area (Å²) in [5.74, 6) is 0.582. The van der Waals surface area contributed by atoms with Crippen LogP contribution in [0.1, 0.15) is 182 Å². The van der Waals surface area contributed by atoms with Gasteiger partial charge < -0.3 is 9.47 Å². The Hall–Kier alpha value is -1.06. The van der Waals surface area contributed by atoms with Crippen LogP contribution in [0.25, 0.3) is 0 Å². The fourth-order valence-corrected chi connectivity index (χ4v) is 5.42. The molecule has 0 aromatic rings. The summed E-state index contributed by atoms with van der Waals surface area (Å²) in [7, 11) is 0. The maximum atomic E-state index is 12.6. The van der Waals surface area contributed by atoms with Crippen molar-refractivity contribution in [1.29, 1.82) is 0 Å². The molecule has 2 atom stereocenters. The number of hydrogen-bond donors (Lipinski definition) is 0. The van der Waals surface area contributed by atoms with Crippen LogP contribution in [0.3, 0.4) is 0 Å². The summed E-state index contributed by atoms with van der Waals surface area (Å²) in [4.78, 5) is 24.4. The van der Waals surface area contributed by atoms with Gasteiger partial charge in [-0.25, -0.2) is 0 Å². The van der Waals surface area contributed by atoms with Crippen molar-refractivity contribution in [2.45, 2.75) is 182 Å². The summed E-state index contributed by atoms with van der Waals surface area (Å²) in [6, 6.07) is 0. The second kappa shape index (κ2) is 28.9. The van der Waals surface area contributed by atoms with Crippen LogP contribution in [0.5, 0.6) is 0 Å². The summed E-state index contributed by atoms with van der Waals surface area (Å²) < 4.78 is 11.0. The summed E-state index contributed by atoms with van der Waals surface area (Å²) in [6.07, 6.45) is 28.0. The lowest BCUT2D eigenvalue weighted by Crippen LogP contribution is -2.25. The van der Waals surface area contributed by atoms with Crippen LogP contribution >= 0.6 is 0 Å². The molecule has 0 amide bonds. The average molecular weight is 539 g/mol. The first-order chi connectivity index (χ1) is 18.6. The number of esters is 2. The highest BCUT2D eigenvalue weighted by atomic mass is 16.5. The predicted molar refractivity (Wildman–Crippen MR) is 162 cm³/mol. The quantitative estimate of drug-likeness (QED) is 0.0702. The number of rotatable bonds is 29. The molecule has 0 aromatic carbocycles. The summed E-state index contributed by atoms with van der Waals surface area (Å²) >= 11 is 0. The molecule has 38 heavy (non-hydrogen) atoms. The van der Waals surface area contributed by atoms with Crippen molar-refractivity contribution in [1.82, 2.24) is 0 Å². The molecule has 4 nitrogen and oxygen atoms in total.